The van der Waals surface area contributed by atoms with Crippen molar-refractivity contribution >= 4 is 10.9 Å². The van der Waals surface area contributed by atoms with Gasteiger partial charge in [0.25, 0.3) is 0 Å². The molecule has 0 aliphatic carbocycles. The summed E-state index contributed by atoms with van der Waals surface area (Å²) in [5, 5.41) is 0.734. The third-order valence-electron chi connectivity index (χ3n) is 4.28. The lowest BCUT2D eigenvalue weighted by Gasteiger charge is -2.17. The van der Waals surface area contributed by atoms with Gasteiger partial charge in [0.05, 0.1) is 11.2 Å². The van der Waals surface area contributed by atoms with Crippen LogP contribution in [0.25, 0.3) is 27.8 Å². The van der Waals surface area contributed by atoms with E-state index in [-0.39, 0.29) is 5.43 Å². The maximum atomic E-state index is 12.6. The van der Waals surface area contributed by atoms with Crippen LogP contribution in [0.1, 0.15) is 5.56 Å². The topological polar surface area (TPSA) is 22.0 Å². The fourth-order valence-corrected chi connectivity index (χ4v) is 3.07. The molecule has 1 aromatic heterocycles. The minimum Gasteiger partial charge on any atom is -0.309 e. The fourth-order valence-electron chi connectivity index (χ4n) is 3.07. The number of nitrogens with zero attached hydrogens (tertiary/aromatic N) is 1. The second-order valence-corrected chi connectivity index (χ2v) is 5.95. The van der Waals surface area contributed by atoms with Gasteiger partial charge in [0.1, 0.15) is 0 Å². The molecule has 4 rings (SSSR count). The van der Waals surface area contributed by atoms with Crippen LogP contribution in [-0.4, -0.2) is 4.57 Å². The van der Waals surface area contributed by atoms with Crippen LogP contribution in [0.15, 0.2) is 89.7 Å². The first-order chi connectivity index (χ1) is 11.7. The molecule has 4 aromatic rings. The SMILES string of the molecule is Cc1ccc(-c2cc(=O)c3ccccc3n2-c2ccccc2)cc1. The lowest BCUT2D eigenvalue weighted by Crippen LogP contribution is -2.10. The van der Waals surface area contributed by atoms with Gasteiger partial charge in [0, 0.05) is 17.1 Å². The maximum Gasteiger partial charge on any atom is 0.190 e. The number of fused-ring (bicyclic) bond motifs is 1. The first-order valence-electron chi connectivity index (χ1n) is 8.01. The van der Waals surface area contributed by atoms with E-state index in [0.29, 0.717) is 0 Å². The molecule has 2 heteroatoms. The van der Waals surface area contributed by atoms with E-state index in [2.05, 4.69) is 47.9 Å². The van der Waals surface area contributed by atoms with Gasteiger partial charge in [-0.2, -0.15) is 0 Å². The highest BCUT2D eigenvalue weighted by Gasteiger charge is 2.12. The van der Waals surface area contributed by atoms with E-state index in [4.69, 9.17) is 0 Å². The number of pyridine rings is 1. The van der Waals surface area contributed by atoms with Gasteiger partial charge in [0.2, 0.25) is 0 Å². The van der Waals surface area contributed by atoms with Crippen LogP contribution in [0.2, 0.25) is 0 Å². The average molecular weight is 311 g/mol. The van der Waals surface area contributed by atoms with Gasteiger partial charge >= 0.3 is 0 Å². The van der Waals surface area contributed by atoms with Crippen molar-refractivity contribution in [2.24, 2.45) is 0 Å². The van der Waals surface area contributed by atoms with Crippen molar-refractivity contribution in [3.05, 3.63) is 101 Å². The highest BCUT2D eigenvalue weighted by molar-refractivity contribution is 5.84. The maximum absolute atomic E-state index is 12.6. The summed E-state index contributed by atoms with van der Waals surface area (Å²) in [6.07, 6.45) is 0. The number of benzene rings is 3. The Labute approximate surface area is 140 Å². The predicted octanol–water partition coefficient (Wildman–Crippen LogP) is 4.97. The Balaban J connectivity index is 2.13. The second-order valence-electron chi connectivity index (χ2n) is 5.95. The van der Waals surface area contributed by atoms with E-state index in [1.165, 1.54) is 5.56 Å². The Kier molecular flexibility index (Phi) is 3.51. The lowest BCUT2D eigenvalue weighted by atomic mass is 10.1. The molecule has 116 valence electrons. The molecule has 0 saturated carbocycles. The zero-order valence-electron chi connectivity index (χ0n) is 13.4. The zero-order chi connectivity index (χ0) is 16.5. The smallest absolute Gasteiger partial charge is 0.190 e. The third kappa shape index (κ3) is 2.42. The van der Waals surface area contributed by atoms with E-state index >= 15 is 0 Å². The lowest BCUT2D eigenvalue weighted by molar-refractivity contribution is 1.11. The molecule has 0 fully saturated rings. The molecule has 0 aliphatic heterocycles. The number of hydrogen-bond donors (Lipinski definition) is 0. The summed E-state index contributed by atoms with van der Waals surface area (Å²) < 4.78 is 2.15. The molecule has 3 aromatic carbocycles. The molecular formula is C22H17NO. The Morgan fingerprint density at radius 3 is 2.17 bits per heavy atom. The van der Waals surface area contributed by atoms with E-state index in [0.717, 1.165) is 27.8 Å². The third-order valence-corrected chi connectivity index (χ3v) is 4.28. The first-order valence-corrected chi connectivity index (χ1v) is 8.01. The minimum absolute atomic E-state index is 0.0494. The van der Waals surface area contributed by atoms with E-state index in [9.17, 15) is 4.79 Å². The monoisotopic (exact) mass is 311 g/mol. The number of hydrogen-bond acceptors (Lipinski definition) is 1. The van der Waals surface area contributed by atoms with Crippen LogP contribution in [0.4, 0.5) is 0 Å². The Bertz CT molecular complexity index is 1060. The van der Waals surface area contributed by atoms with Crippen molar-refractivity contribution in [3.63, 3.8) is 0 Å². The minimum atomic E-state index is 0.0494. The van der Waals surface area contributed by atoms with Crippen LogP contribution in [-0.2, 0) is 0 Å². The van der Waals surface area contributed by atoms with Crippen molar-refractivity contribution in [2.45, 2.75) is 6.92 Å². The number of para-hydroxylation sites is 2. The van der Waals surface area contributed by atoms with Crippen LogP contribution < -0.4 is 5.43 Å². The van der Waals surface area contributed by atoms with Gasteiger partial charge < -0.3 is 4.57 Å². The average Bonchev–Trinajstić information content (AvgIpc) is 2.63. The zero-order valence-corrected chi connectivity index (χ0v) is 13.4. The summed E-state index contributed by atoms with van der Waals surface area (Å²) >= 11 is 0. The number of aryl methyl sites for hydroxylation is 1. The summed E-state index contributed by atoms with van der Waals surface area (Å²) in [5.74, 6) is 0. The molecule has 0 bridgehead atoms. The van der Waals surface area contributed by atoms with Crippen LogP contribution in [0.5, 0.6) is 0 Å². The molecule has 0 atom stereocenters. The van der Waals surface area contributed by atoms with Crippen LogP contribution in [0, 0.1) is 6.92 Å². The van der Waals surface area contributed by atoms with Crippen molar-refractivity contribution in [3.8, 4) is 16.9 Å². The highest BCUT2D eigenvalue weighted by Crippen LogP contribution is 2.26. The molecule has 0 radical (unpaired) electrons. The van der Waals surface area contributed by atoms with Crippen molar-refractivity contribution in [1.29, 1.82) is 0 Å². The van der Waals surface area contributed by atoms with Gasteiger partial charge in [-0.1, -0.05) is 60.2 Å². The standard InChI is InChI=1S/C22H17NO/c1-16-11-13-17(14-12-16)21-15-22(24)19-9-5-6-10-20(19)23(21)18-7-3-2-4-8-18/h2-15H,1H3. The summed E-state index contributed by atoms with van der Waals surface area (Å²) in [6.45, 7) is 2.06. The molecule has 0 saturated heterocycles. The van der Waals surface area contributed by atoms with E-state index in [1.54, 1.807) is 6.07 Å². The normalized spacial score (nSPS) is 10.9. The summed E-state index contributed by atoms with van der Waals surface area (Å²) in [7, 11) is 0. The van der Waals surface area contributed by atoms with Crippen LogP contribution >= 0.6 is 0 Å². The van der Waals surface area contributed by atoms with Gasteiger partial charge in [-0.3, -0.25) is 4.79 Å². The summed E-state index contributed by atoms with van der Waals surface area (Å²) in [4.78, 5) is 12.6. The first kappa shape index (κ1) is 14.5. The van der Waals surface area contributed by atoms with Gasteiger partial charge in [0.15, 0.2) is 5.43 Å². The quantitative estimate of drug-likeness (QED) is 0.512. The van der Waals surface area contributed by atoms with Gasteiger partial charge in [-0.25, -0.2) is 0 Å². The Morgan fingerprint density at radius 1 is 0.750 bits per heavy atom. The molecule has 0 spiro atoms. The summed E-state index contributed by atoms with van der Waals surface area (Å²) in [5.41, 5.74) is 5.16. The molecule has 24 heavy (non-hydrogen) atoms. The van der Waals surface area contributed by atoms with Crippen LogP contribution in [0.3, 0.4) is 0 Å². The molecular weight excluding hydrogens is 294 g/mol. The van der Waals surface area contributed by atoms with E-state index in [1.807, 2.05) is 42.5 Å². The molecule has 2 nitrogen and oxygen atoms in total. The van der Waals surface area contributed by atoms with Gasteiger partial charge in [-0.15, -0.1) is 0 Å². The molecule has 0 unspecified atom stereocenters. The largest absolute Gasteiger partial charge is 0.309 e. The number of aromatic nitrogens is 1. The van der Waals surface area contributed by atoms with E-state index < -0.39 is 0 Å². The Morgan fingerprint density at radius 2 is 1.42 bits per heavy atom. The predicted molar refractivity (Wildman–Crippen MR) is 99.7 cm³/mol. The van der Waals surface area contributed by atoms with Crippen molar-refractivity contribution in [1.82, 2.24) is 4.57 Å². The molecule has 0 aliphatic rings. The van der Waals surface area contributed by atoms with Crippen molar-refractivity contribution in [2.75, 3.05) is 0 Å². The Hall–Kier alpha value is -3.13. The van der Waals surface area contributed by atoms with Crippen molar-refractivity contribution < 1.29 is 0 Å². The van der Waals surface area contributed by atoms with Gasteiger partial charge in [-0.05, 0) is 36.8 Å². The molecule has 1 heterocycles. The molecule has 0 N–H and O–H groups in total. The summed E-state index contributed by atoms with van der Waals surface area (Å²) in [6, 6.07) is 27.9. The number of rotatable bonds is 2. The second kappa shape index (κ2) is 5.82. The molecule has 0 amide bonds. The highest BCUT2D eigenvalue weighted by atomic mass is 16.1. The fraction of sp³-hybridized carbons (Fsp3) is 0.0455.